The van der Waals surface area contributed by atoms with Gasteiger partial charge in [-0.1, -0.05) is 139 Å². The minimum absolute atomic E-state index is 0.0420. The number of unbranched alkanes of at least 4 members (excludes halogenated alkanes) is 15. The molecule has 0 radical (unpaired) electrons. The van der Waals surface area contributed by atoms with Crippen molar-refractivity contribution in [1.82, 2.24) is 0 Å². The summed E-state index contributed by atoms with van der Waals surface area (Å²) in [5.74, 6) is -0.910. The van der Waals surface area contributed by atoms with Crippen molar-refractivity contribution in [3.05, 3.63) is 60.8 Å². The molecule has 53 heavy (non-hydrogen) atoms. The number of nitrogens with two attached hydrogens (primary N) is 1. The van der Waals surface area contributed by atoms with Gasteiger partial charge >= 0.3 is 19.8 Å². The molecule has 0 aromatic rings. The van der Waals surface area contributed by atoms with Gasteiger partial charge in [-0.25, -0.2) is 4.57 Å². The molecule has 0 saturated carbocycles. The summed E-state index contributed by atoms with van der Waals surface area (Å²) in [6.45, 7) is 3.61. The van der Waals surface area contributed by atoms with Crippen molar-refractivity contribution >= 4 is 19.8 Å². The number of carbonyl (C=O) groups is 2. The number of ether oxygens (including phenoxy) is 2. The first-order valence-corrected chi connectivity index (χ1v) is 22.3. The lowest BCUT2D eigenvalue weighted by Crippen LogP contribution is -2.29. The van der Waals surface area contributed by atoms with Crippen LogP contribution in [0.1, 0.15) is 168 Å². The maximum atomic E-state index is 12.5. The van der Waals surface area contributed by atoms with E-state index in [1.807, 2.05) is 0 Å². The lowest BCUT2D eigenvalue weighted by Gasteiger charge is -2.19. The SMILES string of the molecule is CCCCCC=CCC=CCCCCCCCC(=O)OC(COC(=O)CCCC=CCC=CCC=CCCCCCCCC)COP(=O)(O)OCCN. The summed E-state index contributed by atoms with van der Waals surface area (Å²) in [7, 11) is -4.39. The topological polar surface area (TPSA) is 134 Å². The van der Waals surface area contributed by atoms with Crippen molar-refractivity contribution in [2.45, 2.75) is 174 Å². The molecule has 0 fully saturated rings. The van der Waals surface area contributed by atoms with E-state index in [0.717, 1.165) is 64.2 Å². The van der Waals surface area contributed by atoms with E-state index in [-0.39, 0.29) is 32.6 Å². The van der Waals surface area contributed by atoms with E-state index >= 15 is 0 Å². The number of esters is 2. The predicted molar refractivity (Wildman–Crippen MR) is 219 cm³/mol. The van der Waals surface area contributed by atoms with E-state index in [0.29, 0.717) is 12.8 Å². The van der Waals surface area contributed by atoms with Crippen LogP contribution in [0, 0.1) is 0 Å². The molecule has 0 heterocycles. The van der Waals surface area contributed by atoms with Crippen LogP contribution in [0.5, 0.6) is 0 Å². The van der Waals surface area contributed by atoms with Crippen LogP contribution >= 0.6 is 7.82 Å². The largest absolute Gasteiger partial charge is 0.472 e. The van der Waals surface area contributed by atoms with Crippen LogP contribution in [0.25, 0.3) is 0 Å². The van der Waals surface area contributed by atoms with Gasteiger partial charge < -0.3 is 20.1 Å². The van der Waals surface area contributed by atoms with Crippen LogP contribution in [-0.2, 0) is 32.7 Å². The number of hydrogen-bond donors (Lipinski definition) is 2. The average Bonchev–Trinajstić information content (AvgIpc) is 3.14. The van der Waals surface area contributed by atoms with Gasteiger partial charge in [-0.2, -0.15) is 0 Å². The van der Waals surface area contributed by atoms with Gasteiger partial charge in [-0.15, -0.1) is 0 Å². The van der Waals surface area contributed by atoms with Crippen LogP contribution in [0.2, 0.25) is 0 Å². The normalized spacial score (nSPS) is 14.0. The maximum Gasteiger partial charge on any atom is 0.472 e. The molecule has 0 spiro atoms. The van der Waals surface area contributed by atoms with Crippen LogP contribution < -0.4 is 5.73 Å². The Hall–Kier alpha value is -2.29. The summed E-state index contributed by atoms with van der Waals surface area (Å²) >= 11 is 0. The highest BCUT2D eigenvalue weighted by Gasteiger charge is 2.25. The van der Waals surface area contributed by atoms with Gasteiger partial charge in [-0.05, 0) is 77.0 Å². The molecule has 10 heteroatoms. The zero-order chi connectivity index (χ0) is 38.9. The summed E-state index contributed by atoms with van der Waals surface area (Å²) in [6, 6.07) is 0. The van der Waals surface area contributed by atoms with E-state index in [2.05, 4.69) is 74.6 Å². The molecule has 0 rings (SSSR count). The van der Waals surface area contributed by atoms with E-state index in [1.165, 1.54) is 64.2 Å². The van der Waals surface area contributed by atoms with Crippen molar-refractivity contribution < 1.29 is 37.6 Å². The first kappa shape index (κ1) is 50.7. The Morgan fingerprint density at radius 2 is 1.00 bits per heavy atom. The summed E-state index contributed by atoms with van der Waals surface area (Å²) < 4.78 is 32.7. The summed E-state index contributed by atoms with van der Waals surface area (Å²) in [6.07, 6.45) is 45.4. The number of rotatable bonds is 38. The molecule has 0 bridgehead atoms. The third-order valence-corrected chi connectivity index (χ3v) is 9.36. The van der Waals surface area contributed by atoms with Crippen LogP contribution in [0.3, 0.4) is 0 Å². The van der Waals surface area contributed by atoms with Gasteiger partial charge in [0.15, 0.2) is 6.10 Å². The van der Waals surface area contributed by atoms with Gasteiger partial charge in [0.2, 0.25) is 0 Å². The van der Waals surface area contributed by atoms with Crippen molar-refractivity contribution in [3.63, 3.8) is 0 Å². The highest BCUT2D eigenvalue weighted by Crippen LogP contribution is 2.43. The van der Waals surface area contributed by atoms with Crippen molar-refractivity contribution in [2.24, 2.45) is 5.73 Å². The molecular formula is C43H76NO8P. The number of carbonyl (C=O) groups excluding carboxylic acids is 2. The van der Waals surface area contributed by atoms with E-state index in [4.69, 9.17) is 24.3 Å². The number of hydrogen-bond acceptors (Lipinski definition) is 8. The fourth-order valence-corrected chi connectivity index (χ4v) is 6.03. The van der Waals surface area contributed by atoms with Crippen LogP contribution in [-0.4, -0.2) is 49.3 Å². The zero-order valence-corrected chi connectivity index (χ0v) is 34.4. The Kier molecular flexibility index (Phi) is 37.7. The standard InChI is InChI=1S/C43H76NO8P/c1-3-5-7-9-11-13-15-17-19-20-22-23-25-27-29-31-33-35-42(45)49-39-41(40-51-53(47,48)50-38-37-44)52-43(46)36-34-32-30-28-26-24-21-18-16-14-12-10-8-6-4-2/h12,14,17-19,21-23,27,29,41H,3-11,13,15-16,20,24-26,28,30-40,44H2,1-2H3,(H,47,48). The summed E-state index contributed by atoms with van der Waals surface area (Å²) in [5, 5.41) is 0. The molecule has 0 aliphatic carbocycles. The fourth-order valence-electron chi connectivity index (χ4n) is 5.27. The number of phosphoric acid groups is 1. The minimum Gasteiger partial charge on any atom is -0.462 e. The maximum absolute atomic E-state index is 12.5. The Morgan fingerprint density at radius 3 is 1.55 bits per heavy atom. The third kappa shape index (κ3) is 39.2. The molecule has 0 aromatic carbocycles. The second-order valence-corrected chi connectivity index (χ2v) is 14.9. The molecule has 0 aliphatic rings. The van der Waals surface area contributed by atoms with Crippen molar-refractivity contribution in [1.29, 1.82) is 0 Å². The minimum atomic E-state index is -4.39. The zero-order valence-electron chi connectivity index (χ0n) is 33.5. The van der Waals surface area contributed by atoms with Crippen molar-refractivity contribution in [3.8, 4) is 0 Å². The van der Waals surface area contributed by atoms with Gasteiger partial charge in [0, 0.05) is 19.4 Å². The molecule has 3 N–H and O–H groups in total. The Balaban J connectivity index is 4.30. The van der Waals surface area contributed by atoms with Crippen LogP contribution in [0.4, 0.5) is 0 Å². The molecular weight excluding hydrogens is 689 g/mol. The smallest absolute Gasteiger partial charge is 0.462 e. The highest BCUT2D eigenvalue weighted by molar-refractivity contribution is 7.47. The Morgan fingerprint density at radius 1 is 0.566 bits per heavy atom. The second-order valence-electron chi connectivity index (χ2n) is 13.5. The Bertz CT molecular complexity index is 1050. The quantitative estimate of drug-likeness (QED) is 0.0272. The molecule has 9 nitrogen and oxygen atoms in total. The van der Waals surface area contributed by atoms with E-state index in [1.54, 1.807) is 0 Å². The molecule has 0 aliphatic heterocycles. The molecule has 2 atom stereocenters. The lowest BCUT2D eigenvalue weighted by atomic mass is 10.1. The van der Waals surface area contributed by atoms with Gasteiger partial charge in [0.05, 0.1) is 13.2 Å². The fraction of sp³-hybridized carbons (Fsp3) is 0.721. The molecule has 0 aromatic heterocycles. The van der Waals surface area contributed by atoms with Gasteiger partial charge in [-0.3, -0.25) is 18.6 Å². The lowest BCUT2D eigenvalue weighted by molar-refractivity contribution is -0.161. The van der Waals surface area contributed by atoms with E-state index in [9.17, 15) is 19.0 Å². The summed E-state index contributed by atoms with van der Waals surface area (Å²) in [5.41, 5.74) is 5.34. The molecule has 0 amide bonds. The Labute approximate surface area is 323 Å². The van der Waals surface area contributed by atoms with Gasteiger partial charge in [0.1, 0.15) is 6.61 Å². The molecule has 2 unspecified atom stereocenters. The van der Waals surface area contributed by atoms with E-state index < -0.39 is 32.5 Å². The third-order valence-electron chi connectivity index (χ3n) is 8.38. The molecule has 306 valence electrons. The average molecular weight is 766 g/mol. The first-order chi connectivity index (χ1) is 25.8. The molecule has 0 saturated heterocycles. The van der Waals surface area contributed by atoms with Crippen LogP contribution in [0.15, 0.2) is 60.8 Å². The predicted octanol–water partition coefficient (Wildman–Crippen LogP) is 11.7. The monoisotopic (exact) mass is 766 g/mol. The highest BCUT2D eigenvalue weighted by atomic mass is 31.2. The first-order valence-electron chi connectivity index (χ1n) is 20.8. The van der Waals surface area contributed by atoms with Gasteiger partial charge in [0.25, 0.3) is 0 Å². The second kappa shape index (κ2) is 39.4. The van der Waals surface area contributed by atoms with Crippen molar-refractivity contribution in [2.75, 3.05) is 26.4 Å². The number of allylic oxidation sites excluding steroid dienone is 10. The number of phosphoric ester groups is 1. The summed E-state index contributed by atoms with van der Waals surface area (Å²) in [4.78, 5) is 34.8.